The minimum absolute atomic E-state index is 0.214. The zero-order chi connectivity index (χ0) is 16.2. The Morgan fingerprint density at radius 2 is 1.96 bits per heavy atom. The lowest BCUT2D eigenvalue weighted by molar-refractivity contribution is -0.130. The van der Waals surface area contributed by atoms with Crippen LogP contribution in [0, 0.1) is 11.8 Å². The molecule has 2 unspecified atom stereocenters. The Labute approximate surface area is 141 Å². The Balaban J connectivity index is 1.56. The first-order valence-corrected chi connectivity index (χ1v) is 9.11. The Bertz CT molecular complexity index is 645. The number of nitrogens with zero attached hydrogens (tertiary/aromatic N) is 2. The molecule has 0 radical (unpaired) electrons. The fourth-order valence-electron chi connectivity index (χ4n) is 3.23. The molecule has 1 aromatic heterocycles. The van der Waals surface area contributed by atoms with Gasteiger partial charge in [-0.1, -0.05) is 55.9 Å². The number of benzene rings is 1. The second-order valence-electron chi connectivity index (χ2n) is 6.50. The van der Waals surface area contributed by atoms with Crippen molar-refractivity contribution in [1.82, 2.24) is 14.9 Å². The molecule has 1 aliphatic rings. The van der Waals surface area contributed by atoms with E-state index in [1.165, 1.54) is 18.2 Å². The fourth-order valence-corrected chi connectivity index (χ4v) is 3.98. The highest BCUT2D eigenvalue weighted by Gasteiger charge is 2.25. The minimum Gasteiger partial charge on any atom is -0.341 e. The average Bonchev–Trinajstić information content (AvgIpc) is 3.01. The Kier molecular flexibility index (Phi) is 5.06. The van der Waals surface area contributed by atoms with Crippen molar-refractivity contribution in [2.45, 2.75) is 25.4 Å². The molecule has 0 aliphatic carbocycles. The summed E-state index contributed by atoms with van der Waals surface area (Å²) >= 11 is 1.48. The van der Waals surface area contributed by atoms with Gasteiger partial charge in [0.05, 0.1) is 17.6 Å². The van der Waals surface area contributed by atoms with Crippen LogP contribution >= 0.6 is 11.8 Å². The SMILES string of the molecule is CC1CC(C)CN(C(=O)CSc2ncc(-c3ccccc3)[nH]2)C1. The third-order valence-electron chi connectivity index (χ3n) is 4.19. The van der Waals surface area contributed by atoms with E-state index < -0.39 is 0 Å². The third-order valence-corrected chi connectivity index (χ3v) is 5.06. The maximum Gasteiger partial charge on any atom is 0.233 e. The predicted octanol–water partition coefficient (Wildman–Crippen LogP) is 3.67. The summed E-state index contributed by atoms with van der Waals surface area (Å²) in [4.78, 5) is 22.1. The maximum atomic E-state index is 12.4. The molecule has 122 valence electrons. The number of aromatic nitrogens is 2. The number of piperidine rings is 1. The zero-order valence-corrected chi connectivity index (χ0v) is 14.5. The van der Waals surface area contributed by atoms with Crippen LogP contribution < -0.4 is 0 Å². The summed E-state index contributed by atoms with van der Waals surface area (Å²) in [7, 11) is 0. The predicted molar refractivity (Wildman–Crippen MR) is 94.3 cm³/mol. The van der Waals surface area contributed by atoms with Crippen LogP contribution in [0.3, 0.4) is 0 Å². The number of aromatic amines is 1. The number of carbonyl (C=O) groups is 1. The zero-order valence-electron chi connectivity index (χ0n) is 13.7. The number of hydrogen-bond donors (Lipinski definition) is 1. The number of rotatable bonds is 4. The van der Waals surface area contributed by atoms with Crippen molar-refractivity contribution in [2.24, 2.45) is 11.8 Å². The van der Waals surface area contributed by atoms with Crippen molar-refractivity contribution >= 4 is 17.7 Å². The van der Waals surface area contributed by atoms with E-state index in [-0.39, 0.29) is 5.91 Å². The Morgan fingerprint density at radius 1 is 1.26 bits per heavy atom. The molecular weight excluding hydrogens is 306 g/mol. The van der Waals surface area contributed by atoms with E-state index in [0.29, 0.717) is 17.6 Å². The minimum atomic E-state index is 0.214. The molecule has 2 atom stereocenters. The van der Waals surface area contributed by atoms with Crippen LogP contribution in [0.25, 0.3) is 11.3 Å². The first-order valence-electron chi connectivity index (χ1n) is 8.13. The average molecular weight is 329 g/mol. The smallest absolute Gasteiger partial charge is 0.233 e. The van der Waals surface area contributed by atoms with Crippen molar-refractivity contribution in [3.8, 4) is 11.3 Å². The second-order valence-corrected chi connectivity index (χ2v) is 7.47. The summed E-state index contributed by atoms with van der Waals surface area (Å²) in [5.74, 6) is 1.86. The van der Waals surface area contributed by atoms with E-state index in [1.54, 1.807) is 0 Å². The van der Waals surface area contributed by atoms with E-state index in [1.807, 2.05) is 41.4 Å². The first-order chi connectivity index (χ1) is 11.1. The van der Waals surface area contributed by atoms with Crippen LogP contribution in [-0.4, -0.2) is 39.6 Å². The molecule has 4 nitrogen and oxygen atoms in total. The van der Waals surface area contributed by atoms with Crippen LogP contribution in [0.15, 0.2) is 41.7 Å². The van der Waals surface area contributed by atoms with Crippen LogP contribution in [0.5, 0.6) is 0 Å². The normalized spacial score (nSPS) is 21.4. The summed E-state index contributed by atoms with van der Waals surface area (Å²) in [5.41, 5.74) is 2.10. The standard InChI is InChI=1S/C18H23N3OS/c1-13-8-14(2)11-21(10-13)17(22)12-23-18-19-9-16(20-18)15-6-4-3-5-7-15/h3-7,9,13-14H,8,10-12H2,1-2H3,(H,19,20). The molecular formula is C18H23N3OS. The third kappa shape index (κ3) is 4.16. The highest BCUT2D eigenvalue weighted by molar-refractivity contribution is 7.99. The summed E-state index contributed by atoms with van der Waals surface area (Å²) in [6, 6.07) is 10.1. The number of carbonyl (C=O) groups excluding carboxylic acids is 1. The number of hydrogen-bond acceptors (Lipinski definition) is 3. The van der Waals surface area contributed by atoms with Crippen molar-refractivity contribution in [3.05, 3.63) is 36.5 Å². The molecule has 1 aromatic carbocycles. The molecule has 1 N–H and O–H groups in total. The fraction of sp³-hybridized carbons (Fsp3) is 0.444. The molecule has 0 spiro atoms. The molecule has 2 heterocycles. The lowest BCUT2D eigenvalue weighted by Crippen LogP contribution is -2.43. The van der Waals surface area contributed by atoms with Gasteiger partial charge in [0, 0.05) is 13.1 Å². The molecule has 3 rings (SSSR count). The number of thioether (sulfide) groups is 1. The lowest BCUT2D eigenvalue weighted by atomic mass is 9.92. The van der Waals surface area contributed by atoms with E-state index in [4.69, 9.17) is 0 Å². The number of imidazole rings is 1. The first kappa shape index (κ1) is 16.1. The van der Waals surface area contributed by atoms with Crippen LogP contribution in [-0.2, 0) is 4.79 Å². The summed E-state index contributed by atoms with van der Waals surface area (Å²) in [6.07, 6.45) is 3.04. The van der Waals surface area contributed by atoms with Gasteiger partial charge in [0.1, 0.15) is 0 Å². The molecule has 0 saturated carbocycles. The Morgan fingerprint density at radius 3 is 2.65 bits per heavy atom. The van der Waals surface area contributed by atoms with Crippen molar-refractivity contribution < 1.29 is 4.79 Å². The van der Waals surface area contributed by atoms with Gasteiger partial charge in [0.15, 0.2) is 5.16 Å². The van der Waals surface area contributed by atoms with Gasteiger partial charge in [0.25, 0.3) is 0 Å². The quantitative estimate of drug-likeness (QED) is 0.871. The largest absolute Gasteiger partial charge is 0.341 e. The lowest BCUT2D eigenvalue weighted by Gasteiger charge is -2.34. The number of likely N-dealkylation sites (tertiary alicyclic amines) is 1. The second kappa shape index (κ2) is 7.21. The molecule has 2 aromatic rings. The molecule has 1 aliphatic heterocycles. The molecule has 0 bridgehead atoms. The van der Waals surface area contributed by atoms with Gasteiger partial charge < -0.3 is 9.88 Å². The van der Waals surface area contributed by atoms with Gasteiger partial charge in [-0.15, -0.1) is 0 Å². The van der Waals surface area contributed by atoms with Gasteiger partial charge in [-0.3, -0.25) is 4.79 Å². The van der Waals surface area contributed by atoms with E-state index >= 15 is 0 Å². The highest BCUT2D eigenvalue weighted by Crippen LogP contribution is 2.24. The van der Waals surface area contributed by atoms with Gasteiger partial charge in [-0.05, 0) is 23.8 Å². The van der Waals surface area contributed by atoms with E-state index in [0.717, 1.165) is 29.5 Å². The summed E-state index contributed by atoms with van der Waals surface area (Å²) < 4.78 is 0. The van der Waals surface area contributed by atoms with Crippen LogP contribution in [0.1, 0.15) is 20.3 Å². The number of H-pyrrole nitrogens is 1. The van der Waals surface area contributed by atoms with Gasteiger partial charge in [-0.25, -0.2) is 4.98 Å². The van der Waals surface area contributed by atoms with Gasteiger partial charge in [0.2, 0.25) is 5.91 Å². The van der Waals surface area contributed by atoms with Gasteiger partial charge in [-0.2, -0.15) is 0 Å². The van der Waals surface area contributed by atoms with E-state index in [9.17, 15) is 4.79 Å². The molecule has 5 heteroatoms. The molecule has 23 heavy (non-hydrogen) atoms. The van der Waals surface area contributed by atoms with Crippen molar-refractivity contribution in [2.75, 3.05) is 18.8 Å². The highest BCUT2D eigenvalue weighted by atomic mass is 32.2. The number of amides is 1. The maximum absolute atomic E-state index is 12.4. The molecule has 1 saturated heterocycles. The van der Waals surface area contributed by atoms with Gasteiger partial charge >= 0.3 is 0 Å². The van der Waals surface area contributed by atoms with Crippen molar-refractivity contribution in [1.29, 1.82) is 0 Å². The molecule has 1 amide bonds. The van der Waals surface area contributed by atoms with Crippen molar-refractivity contribution in [3.63, 3.8) is 0 Å². The summed E-state index contributed by atoms with van der Waals surface area (Å²) in [6.45, 7) is 6.22. The Hall–Kier alpha value is -1.75. The monoisotopic (exact) mass is 329 g/mol. The number of nitrogens with one attached hydrogen (secondary N) is 1. The van der Waals surface area contributed by atoms with Crippen LogP contribution in [0.2, 0.25) is 0 Å². The topological polar surface area (TPSA) is 49.0 Å². The summed E-state index contributed by atoms with van der Waals surface area (Å²) in [5, 5.41) is 0.801. The van der Waals surface area contributed by atoms with Crippen LogP contribution in [0.4, 0.5) is 0 Å². The molecule has 1 fully saturated rings. The van der Waals surface area contributed by atoms with E-state index in [2.05, 4.69) is 23.8 Å².